The molecule has 2 aromatic carbocycles. The summed E-state index contributed by atoms with van der Waals surface area (Å²) in [6, 6.07) is 13.4. The molecule has 1 aliphatic heterocycles. The molecule has 0 bridgehead atoms. The van der Waals surface area contributed by atoms with Gasteiger partial charge < -0.3 is 14.4 Å². The van der Waals surface area contributed by atoms with Crippen LogP contribution in [0.25, 0.3) is 11.0 Å². The molecule has 3 aromatic rings. The predicted octanol–water partition coefficient (Wildman–Crippen LogP) is 2.36. The molecule has 0 saturated carbocycles. The van der Waals surface area contributed by atoms with Crippen molar-refractivity contribution >= 4 is 26.6 Å². The number of hydrogen-bond donors (Lipinski definition) is 1. The summed E-state index contributed by atoms with van der Waals surface area (Å²) in [4.78, 5) is 15.1. The van der Waals surface area contributed by atoms with E-state index in [2.05, 4.69) is 4.98 Å². The molecule has 4 rings (SSSR count). The molecular weight excluding hydrogens is 422 g/mol. The zero-order chi connectivity index (χ0) is 22.0. The van der Waals surface area contributed by atoms with Gasteiger partial charge in [0.15, 0.2) is 9.84 Å². The number of para-hydroxylation sites is 2. The zero-order valence-electron chi connectivity index (χ0n) is 16.8. The highest BCUT2D eigenvalue weighted by atomic mass is 32.2. The van der Waals surface area contributed by atoms with E-state index in [1.54, 1.807) is 6.07 Å². The number of aliphatic hydroxyl groups excluding tert-OH is 1. The maximum atomic E-state index is 11.8. The average Bonchev–Trinajstić information content (AvgIpc) is 3.26. The van der Waals surface area contributed by atoms with E-state index in [4.69, 9.17) is 4.74 Å². The van der Waals surface area contributed by atoms with Crippen molar-refractivity contribution < 1.29 is 23.2 Å². The number of ether oxygens (including phenoxy) is 1. The molecule has 2 heterocycles. The van der Waals surface area contributed by atoms with Gasteiger partial charge >= 0.3 is 0 Å². The van der Waals surface area contributed by atoms with Crippen LogP contribution in [0.5, 0.6) is 5.75 Å². The number of nitro groups is 1. The van der Waals surface area contributed by atoms with Gasteiger partial charge in [-0.3, -0.25) is 10.1 Å². The highest BCUT2D eigenvalue weighted by Gasteiger charge is 2.29. The lowest BCUT2D eigenvalue weighted by atomic mass is 10.1. The molecule has 1 aromatic heterocycles. The maximum absolute atomic E-state index is 11.8. The van der Waals surface area contributed by atoms with Crippen LogP contribution < -0.4 is 4.74 Å². The Labute approximate surface area is 179 Å². The van der Waals surface area contributed by atoms with Gasteiger partial charge in [-0.05, 0) is 30.5 Å². The van der Waals surface area contributed by atoms with E-state index in [0.29, 0.717) is 18.6 Å². The molecule has 0 amide bonds. The number of non-ortho nitro benzene ring substituents is 1. The minimum Gasteiger partial charge on any atom is -0.491 e. The summed E-state index contributed by atoms with van der Waals surface area (Å²) in [5.74, 6) is 1.42. The summed E-state index contributed by atoms with van der Waals surface area (Å²) < 4.78 is 31.1. The molecule has 2 unspecified atom stereocenters. The van der Waals surface area contributed by atoms with Crippen molar-refractivity contribution in [1.82, 2.24) is 9.55 Å². The van der Waals surface area contributed by atoms with Crippen LogP contribution in [0.2, 0.25) is 0 Å². The van der Waals surface area contributed by atoms with Crippen LogP contribution in [0.15, 0.2) is 48.5 Å². The fourth-order valence-electron chi connectivity index (χ4n) is 3.92. The van der Waals surface area contributed by atoms with Gasteiger partial charge in [-0.1, -0.05) is 18.2 Å². The highest BCUT2D eigenvalue weighted by molar-refractivity contribution is 7.91. The number of hydrogen-bond acceptors (Lipinski definition) is 7. The van der Waals surface area contributed by atoms with Crippen LogP contribution in [0.4, 0.5) is 5.69 Å². The Hall–Kier alpha value is -2.98. The van der Waals surface area contributed by atoms with E-state index in [1.165, 1.54) is 18.2 Å². The lowest BCUT2D eigenvalue weighted by molar-refractivity contribution is -0.384. The second kappa shape index (κ2) is 8.64. The van der Waals surface area contributed by atoms with Crippen molar-refractivity contribution in [3.05, 3.63) is 64.5 Å². The van der Waals surface area contributed by atoms with E-state index in [0.717, 1.165) is 16.9 Å². The first-order valence-corrected chi connectivity index (χ1v) is 11.8. The SMILES string of the molecule is O=[N+]([O-])c1cccc(OCC(O)Cn2c(CC3CCS(=O)(=O)C3)nc3ccccc32)c1. The Morgan fingerprint density at radius 2 is 2.06 bits per heavy atom. The molecule has 2 atom stereocenters. The normalized spacial score (nSPS) is 18.8. The van der Waals surface area contributed by atoms with Crippen molar-refractivity contribution in [3.8, 4) is 5.75 Å². The number of fused-ring (bicyclic) bond motifs is 1. The van der Waals surface area contributed by atoms with Crippen LogP contribution in [0.3, 0.4) is 0 Å². The average molecular weight is 445 g/mol. The first kappa shape index (κ1) is 21.3. The maximum Gasteiger partial charge on any atom is 0.273 e. The van der Waals surface area contributed by atoms with Gasteiger partial charge in [0.1, 0.15) is 24.3 Å². The summed E-state index contributed by atoms with van der Waals surface area (Å²) >= 11 is 0. The first-order valence-electron chi connectivity index (χ1n) is 10.0. The lowest BCUT2D eigenvalue weighted by Gasteiger charge is -2.16. The summed E-state index contributed by atoms with van der Waals surface area (Å²) in [5, 5.41) is 21.5. The van der Waals surface area contributed by atoms with E-state index >= 15 is 0 Å². The largest absolute Gasteiger partial charge is 0.491 e. The van der Waals surface area contributed by atoms with Crippen LogP contribution in [0.1, 0.15) is 12.2 Å². The van der Waals surface area contributed by atoms with E-state index in [9.17, 15) is 23.6 Å². The minimum atomic E-state index is -2.98. The van der Waals surface area contributed by atoms with Crippen molar-refractivity contribution in [2.24, 2.45) is 5.92 Å². The smallest absolute Gasteiger partial charge is 0.273 e. The number of imidazole rings is 1. The van der Waals surface area contributed by atoms with Crippen molar-refractivity contribution in [1.29, 1.82) is 0 Å². The fourth-order valence-corrected chi connectivity index (χ4v) is 5.78. The molecular formula is C21H23N3O6S. The third kappa shape index (κ3) is 5.02. The fraction of sp³-hybridized carbons (Fsp3) is 0.381. The minimum absolute atomic E-state index is 0.0128. The van der Waals surface area contributed by atoms with Gasteiger partial charge in [-0.25, -0.2) is 13.4 Å². The van der Waals surface area contributed by atoms with Gasteiger partial charge in [0.25, 0.3) is 5.69 Å². The Bertz CT molecular complexity index is 1210. The number of nitrogens with zero attached hydrogens (tertiary/aromatic N) is 3. The van der Waals surface area contributed by atoms with Gasteiger partial charge in [0.05, 0.1) is 40.1 Å². The molecule has 1 N–H and O–H groups in total. The Balaban J connectivity index is 1.49. The monoisotopic (exact) mass is 445 g/mol. The van der Waals surface area contributed by atoms with Crippen LogP contribution >= 0.6 is 0 Å². The van der Waals surface area contributed by atoms with E-state index in [-0.39, 0.29) is 36.3 Å². The first-order chi connectivity index (χ1) is 14.8. The van der Waals surface area contributed by atoms with Gasteiger partial charge in [-0.2, -0.15) is 0 Å². The Morgan fingerprint density at radius 1 is 1.26 bits per heavy atom. The zero-order valence-corrected chi connectivity index (χ0v) is 17.6. The van der Waals surface area contributed by atoms with E-state index in [1.807, 2.05) is 28.8 Å². The standard InChI is InChI=1S/C21H23N3O6S/c25-17(13-30-18-5-3-4-16(11-18)24(26)27)12-23-20-7-2-1-6-19(20)22-21(23)10-15-8-9-31(28,29)14-15/h1-7,11,15,17,25H,8-10,12-14H2. The summed E-state index contributed by atoms with van der Waals surface area (Å²) in [6.45, 7) is 0.162. The van der Waals surface area contributed by atoms with Gasteiger partial charge in [0, 0.05) is 12.5 Å². The molecule has 0 aliphatic carbocycles. The number of aliphatic hydroxyl groups is 1. The molecule has 31 heavy (non-hydrogen) atoms. The third-order valence-corrected chi connectivity index (χ3v) is 7.23. The second-order valence-corrected chi connectivity index (χ2v) is 10.0. The Morgan fingerprint density at radius 3 is 2.81 bits per heavy atom. The number of nitro benzene ring substituents is 1. The molecule has 9 nitrogen and oxygen atoms in total. The quantitative estimate of drug-likeness (QED) is 0.417. The van der Waals surface area contributed by atoms with Crippen molar-refractivity contribution in [3.63, 3.8) is 0 Å². The predicted molar refractivity (Wildman–Crippen MR) is 115 cm³/mol. The summed E-state index contributed by atoms with van der Waals surface area (Å²) in [7, 11) is -2.98. The lowest BCUT2D eigenvalue weighted by Crippen LogP contribution is -2.25. The van der Waals surface area contributed by atoms with Gasteiger partial charge in [-0.15, -0.1) is 0 Å². The molecule has 1 fully saturated rings. The second-order valence-electron chi connectivity index (χ2n) is 7.82. The molecule has 0 radical (unpaired) electrons. The summed E-state index contributed by atoms with van der Waals surface area (Å²) in [6.07, 6.45) is 0.249. The number of benzene rings is 2. The molecule has 1 aliphatic rings. The van der Waals surface area contributed by atoms with Crippen molar-refractivity contribution in [2.45, 2.75) is 25.5 Å². The Kier molecular flexibility index (Phi) is 5.92. The molecule has 10 heteroatoms. The molecule has 1 saturated heterocycles. The number of sulfone groups is 1. The van der Waals surface area contributed by atoms with Crippen molar-refractivity contribution in [2.75, 3.05) is 18.1 Å². The number of aromatic nitrogens is 2. The number of rotatable bonds is 8. The third-order valence-electron chi connectivity index (χ3n) is 5.40. The highest BCUT2D eigenvalue weighted by Crippen LogP contribution is 2.25. The summed E-state index contributed by atoms with van der Waals surface area (Å²) in [5.41, 5.74) is 1.55. The molecule has 0 spiro atoms. The van der Waals surface area contributed by atoms with Crippen LogP contribution in [-0.2, 0) is 22.8 Å². The van der Waals surface area contributed by atoms with Crippen LogP contribution in [-0.4, -0.2) is 52.2 Å². The molecule has 164 valence electrons. The van der Waals surface area contributed by atoms with Gasteiger partial charge in [0.2, 0.25) is 0 Å². The topological polar surface area (TPSA) is 125 Å². The van der Waals surface area contributed by atoms with E-state index < -0.39 is 20.9 Å². The van der Waals surface area contributed by atoms with Crippen LogP contribution in [0, 0.1) is 16.0 Å².